The van der Waals surface area contributed by atoms with Gasteiger partial charge in [0.05, 0.1) is 12.1 Å². The average molecular weight is 421 g/mol. The van der Waals surface area contributed by atoms with E-state index in [-0.39, 0.29) is 0 Å². The monoisotopic (exact) mass is 420 g/mol. The van der Waals surface area contributed by atoms with Crippen molar-refractivity contribution in [2.24, 2.45) is 16.8 Å². The molecule has 3 nitrogen and oxygen atoms in total. The fourth-order valence-corrected chi connectivity index (χ4v) is 4.76. The van der Waals surface area contributed by atoms with Crippen molar-refractivity contribution >= 4 is 5.84 Å². The molecule has 1 aliphatic rings. The van der Waals surface area contributed by atoms with Crippen LogP contribution in [0.2, 0.25) is 0 Å². The van der Waals surface area contributed by atoms with E-state index in [4.69, 9.17) is 5.84 Å². The number of nitrogens with zero attached hydrogens (tertiary/aromatic N) is 2. The molecule has 0 aromatic rings. The number of quaternary nitrogens is 1. The maximum absolute atomic E-state index is 6.46. The van der Waals surface area contributed by atoms with Gasteiger partial charge in [0.15, 0.2) is 0 Å². The van der Waals surface area contributed by atoms with Gasteiger partial charge in [-0.15, -0.1) is 0 Å². The molecule has 2 unspecified atom stereocenters. The minimum absolute atomic E-state index is 0.428. The van der Waals surface area contributed by atoms with Crippen molar-refractivity contribution in [1.82, 2.24) is 0 Å². The lowest BCUT2D eigenvalue weighted by Crippen LogP contribution is -2.55. The molecule has 0 fully saturated rings. The summed E-state index contributed by atoms with van der Waals surface area (Å²) in [4.78, 5) is 4.61. The molecule has 0 spiro atoms. The van der Waals surface area contributed by atoms with E-state index in [2.05, 4.69) is 25.8 Å². The minimum atomic E-state index is 0.428. The highest BCUT2D eigenvalue weighted by atomic mass is 15.6. The second-order valence-electron chi connectivity index (χ2n) is 9.58. The third-order valence-electron chi connectivity index (χ3n) is 7.00. The topological polar surface area (TPSA) is 38.4 Å². The van der Waals surface area contributed by atoms with Gasteiger partial charge in [0.25, 0.3) is 0 Å². The number of nitrogens with two attached hydrogens (primary N) is 1. The van der Waals surface area contributed by atoms with E-state index in [9.17, 15) is 0 Å². The van der Waals surface area contributed by atoms with Crippen molar-refractivity contribution < 1.29 is 4.59 Å². The molecule has 3 heteroatoms. The van der Waals surface area contributed by atoms with E-state index in [1.54, 1.807) is 0 Å². The van der Waals surface area contributed by atoms with E-state index in [0.717, 1.165) is 13.0 Å². The molecule has 1 heterocycles. The van der Waals surface area contributed by atoms with Gasteiger partial charge in [-0.05, 0) is 19.8 Å². The molecular weight excluding hydrogens is 366 g/mol. The summed E-state index contributed by atoms with van der Waals surface area (Å²) in [5, 5.41) is 0. The Balaban J connectivity index is 1.87. The first kappa shape index (κ1) is 27.4. The largest absolute Gasteiger partial charge is 0.230 e. The van der Waals surface area contributed by atoms with Crippen LogP contribution in [0.4, 0.5) is 0 Å². The first-order valence-electron chi connectivity index (χ1n) is 13.6. The lowest BCUT2D eigenvalue weighted by atomic mass is 9.95. The number of unbranched alkanes of at least 4 members (excludes halogenated alkanes) is 16. The molecule has 30 heavy (non-hydrogen) atoms. The number of hydrogen-bond donors (Lipinski definition) is 1. The highest BCUT2D eigenvalue weighted by Crippen LogP contribution is 2.24. The third kappa shape index (κ3) is 11.6. The summed E-state index contributed by atoms with van der Waals surface area (Å²) >= 11 is 0. The van der Waals surface area contributed by atoms with Crippen LogP contribution in [-0.4, -0.2) is 17.0 Å². The summed E-state index contributed by atoms with van der Waals surface area (Å²) in [5.74, 6) is 8.19. The van der Waals surface area contributed by atoms with Gasteiger partial charge in [0.1, 0.15) is 12.7 Å². The summed E-state index contributed by atoms with van der Waals surface area (Å²) in [5.41, 5.74) is 0. The molecule has 0 aliphatic carbocycles. The molecule has 0 saturated carbocycles. The van der Waals surface area contributed by atoms with Gasteiger partial charge >= 0.3 is 0 Å². The zero-order chi connectivity index (χ0) is 21.9. The fourth-order valence-electron chi connectivity index (χ4n) is 4.76. The van der Waals surface area contributed by atoms with Crippen LogP contribution < -0.4 is 5.84 Å². The Morgan fingerprint density at radius 1 is 0.700 bits per heavy atom. The fraction of sp³-hybridized carbons (Fsp3) is 0.889. The zero-order valence-electron chi connectivity index (χ0n) is 20.8. The summed E-state index contributed by atoms with van der Waals surface area (Å²) in [6.45, 7) is 7.61. The van der Waals surface area contributed by atoms with Crippen molar-refractivity contribution in [3.05, 3.63) is 12.4 Å². The average Bonchev–Trinajstić information content (AvgIpc) is 3.15. The van der Waals surface area contributed by atoms with E-state index in [1.807, 2.05) is 12.4 Å². The Kier molecular flexibility index (Phi) is 16.4. The predicted molar refractivity (Wildman–Crippen MR) is 134 cm³/mol. The molecule has 1 rings (SSSR count). The Labute approximate surface area is 189 Å². The van der Waals surface area contributed by atoms with Crippen LogP contribution in [0.1, 0.15) is 143 Å². The number of hydrogen-bond acceptors (Lipinski definition) is 2. The summed E-state index contributed by atoms with van der Waals surface area (Å²) in [7, 11) is 0. The predicted octanol–water partition coefficient (Wildman–Crippen LogP) is 8.65. The lowest BCUT2D eigenvalue weighted by Gasteiger charge is -2.28. The molecule has 0 bridgehead atoms. The van der Waals surface area contributed by atoms with Crippen molar-refractivity contribution in [2.45, 2.75) is 143 Å². The van der Waals surface area contributed by atoms with Gasteiger partial charge < -0.3 is 0 Å². The van der Waals surface area contributed by atoms with Crippen LogP contribution in [0.25, 0.3) is 0 Å². The summed E-state index contributed by atoms with van der Waals surface area (Å²) in [6, 6.07) is 0. The Hall–Kier alpha value is -0.670. The van der Waals surface area contributed by atoms with Crippen LogP contribution in [0.3, 0.4) is 0 Å². The van der Waals surface area contributed by atoms with Gasteiger partial charge in [-0.3, -0.25) is 0 Å². The van der Waals surface area contributed by atoms with Crippen LogP contribution in [-0.2, 0) is 0 Å². The van der Waals surface area contributed by atoms with Crippen molar-refractivity contribution in [1.29, 1.82) is 0 Å². The first-order valence-corrected chi connectivity index (χ1v) is 13.6. The lowest BCUT2D eigenvalue weighted by molar-refractivity contribution is -0.799. The van der Waals surface area contributed by atoms with Gasteiger partial charge in [0.2, 0.25) is 5.84 Å². The second kappa shape index (κ2) is 18.0. The van der Waals surface area contributed by atoms with Crippen LogP contribution in [0, 0.1) is 5.92 Å². The van der Waals surface area contributed by atoms with Crippen molar-refractivity contribution in [2.75, 3.05) is 6.54 Å². The summed E-state index contributed by atoms with van der Waals surface area (Å²) < 4.78 is 0.428. The van der Waals surface area contributed by atoms with Gasteiger partial charge in [-0.1, -0.05) is 123 Å². The highest BCUT2D eigenvalue weighted by Gasteiger charge is 2.35. The zero-order valence-corrected chi connectivity index (χ0v) is 20.8. The molecule has 0 aromatic heterocycles. The second-order valence-corrected chi connectivity index (χ2v) is 9.58. The number of rotatable bonds is 21. The van der Waals surface area contributed by atoms with Crippen LogP contribution in [0.5, 0.6) is 0 Å². The standard InChI is InChI=1S/C27H54N3/c1-4-7-8-9-10-11-12-13-14-15-16-17-18-19-20-21-22-23-26(5-2)27-29-24-25-30(27,28)6-3/h24-26H,4-23,28H2,1-3H3/q+1. The quantitative estimate of drug-likeness (QED) is 0.113. The van der Waals surface area contributed by atoms with Gasteiger partial charge in [-0.25, -0.2) is 4.99 Å². The third-order valence-corrected chi connectivity index (χ3v) is 7.00. The normalized spacial score (nSPS) is 19.4. The maximum Gasteiger partial charge on any atom is 0.230 e. The van der Waals surface area contributed by atoms with Gasteiger partial charge in [-0.2, -0.15) is 10.4 Å². The Morgan fingerprint density at radius 2 is 1.13 bits per heavy atom. The molecule has 2 N–H and O–H groups in total. The van der Waals surface area contributed by atoms with E-state index in [1.165, 1.54) is 121 Å². The molecule has 2 atom stereocenters. The molecule has 0 aromatic carbocycles. The van der Waals surface area contributed by atoms with Crippen molar-refractivity contribution in [3.63, 3.8) is 0 Å². The van der Waals surface area contributed by atoms with Gasteiger partial charge in [0, 0.05) is 0 Å². The SMILES string of the molecule is CCCCCCCCCCCCCCCCCCCC(CC)C1=NC=C[N+]1(N)CC. The van der Waals surface area contributed by atoms with E-state index < -0.39 is 0 Å². The summed E-state index contributed by atoms with van der Waals surface area (Å²) in [6.07, 6.45) is 30.7. The molecular formula is C27H54N3+. The van der Waals surface area contributed by atoms with Crippen molar-refractivity contribution in [3.8, 4) is 0 Å². The molecule has 176 valence electrons. The maximum atomic E-state index is 6.46. The number of aliphatic imine (C=N–C) groups is 1. The first-order chi connectivity index (χ1) is 14.7. The minimum Gasteiger partial charge on any atom is -0.201 e. The van der Waals surface area contributed by atoms with Crippen LogP contribution >= 0.6 is 0 Å². The van der Waals surface area contributed by atoms with Crippen LogP contribution in [0.15, 0.2) is 17.4 Å². The smallest absolute Gasteiger partial charge is 0.201 e. The van der Waals surface area contributed by atoms with E-state index >= 15 is 0 Å². The van der Waals surface area contributed by atoms with E-state index in [0.29, 0.717) is 10.5 Å². The highest BCUT2D eigenvalue weighted by molar-refractivity contribution is 5.80. The molecule has 0 radical (unpaired) electrons. The molecule has 0 saturated heterocycles. The Morgan fingerprint density at radius 3 is 1.53 bits per heavy atom. The Bertz CT molecular complexity index is 457. The molecule has 1 aliphatic heterocycles. The molecule has 0 amide bonds. The number of amidine groups is 1.